The van der Waals surface area contributed by atoms with E-state index in [9.17, 15) is 22.4 Å². The molecule has 1 aromatic carbocycles. The molecule has 1 aromatic rings. The summed E-state index contributed by atoms with van der Waals surface area (Å²) in [5.41, 5.74) is -0.458. The number of urea groups is 1. The lowest BCUT2D eigenvalue weighted by atomic mass is 10.1. The number of halogens is 1. The average molecular weight is 416 g/mol. The molecule has 1 atom stereocenters. The van der Waals surface area contributed by atoms with E-state index in [-0.39, 0.29) is 18.0 Å². The third-order valence-corrected chi connectivity index (χ3v) is 6.46. The van der Waals surface area contributed by atoms with E-state index in [0.29, 0.717) is 13.1 Å². The van der Waals surface area contributed by atoms with Gasteiger partial charge in [-0.25, -0.2) is 17.6 Å². The van der Waals surface area contributed by atoms with Gasteiger partial charge in [-0.15, -0.1) is 0 Å². The van der Waals surface area contributed by atoms with Crippen LogP contribution in [0.25, 0.3) is 0 Å². The molecule has 2 rings (SSSR count). The Balaban J connectivity index is 1.93. The van der Waals surface area contributed by atoms with Crippen LogP contribution in [0.5, 0.6) is 0 Å². The van der Waals surface area contributed by atoms with Crippen molar-refractivity contribution in [2.24, 2.45) is 0 Å². The molecule has 0 aliphatic carbocycles. The van der Waals surface area contributed by atoms with E-state index in [1.54, 1.807) is 6.92 Å². The Hall–Kier alpha value is -2.04. The number of piperazine rings is 1. The number of amides is 3. The number of benzene rings is 1. The van der Waals surface area contributed by atoms with Gasteiger partial charge in [0.15, 0.2) is 6.04 Å². The van der Waals surface area contributed by atoms with Crippen LogP contribution in [0.3, 0.4) is 0 Å². The molecule has 0 aromatic heterocycles. The molecular formula is C18H28FN4O4S+. The average Bonchev–Trinajstić information content (AvgIpc) is 2.59. The molecule has 1 aliphatic heterocycles. The van der Waals surface area contributed by atoms with Gasteiger partial charge in [0.25, 0.3) is 5.91 Å². The molecule has 0 radical (unpaired) electrons. The monoisotopic (exact) mass is 415 g/mol. The lowest BCUT2D eigenvalue weighted by Crippen LogP contribution is -3.19. The quantitative estimate of drug-likeness (QED) is 0.630. The maximum Gasteiger partial charge on any atom is 0.322 e. The van der Waals surface area contributed by atoms with Crippen molar-refractivity contribution >= 4 is 22.0 Å². The van der Waals surface area contributed by atoms with Crippen molar-refractivity contribution in [1.29, 1.82) is 0 Å². The predicted octanol–water partition coefficient (Wildman–Crippen LogP) is -0.272. The van der Waals surface area contributed by atoms with Crippen LogP contribution in [0.1, 0.15) is 27.7 Å². The summed E-state index contributed by atoms with van der Waals surface area (Å²) < 4.78 is 39.7. The number of quaternary nitrogens is 1. The van der Waals surface area contributed by atoms with Crippen molar-refractivity contribution < 1.29 is 27.3 Å². The van der Waals surface area contributed by atoms with E-state index in [0.717, 1.165) is 17.0 Å². The third-order valence-electron chi connectivity index (χ3n) is 4.55. The van der Waals surface area contributed by atoms with Gasteiger partial charge in [0.05, 0.1) is 31.1 Å². The van der Waals surface area contributed by atoms with E-state index in [2.05, 4.69) is 10.6 Å². The molecule has 1 heterocycles. The van der Waals surface area contributed by atoms with Gasteiger partial charge in [-0.3, -0.25) is 10.1 Å². The van der Waals surface area contributed by atoms with Crippen molar-refractivity contribution in [2.45, 2.75) is 44.2 Å². The van der Waals surface area contributed by atoms with Crippen molar-refractivity contribution in [3.8, 4) is 0 Å². The Morgan fingerprint density at radius 1 is 1.14 bits per heavy atom. The summed E-state index contributed by atoms with van der Waals surface area (Å²) in [6, 6.07) is 3.66. The van der Waals surface area contributed by atoms with E-state index < -0.39 is 39.4 Å². The van der Waals surface area contributed by atoms with Gasteiger partial charge in [0.1, 0.15) is 5.82 Å². The lowest BCUT2D eigenvalue weighted by molar-refractivity contribution is -0.917. The molecule has 0 unspecified atom stereocenters. The van der Waals surface area contributed by atoms with E-state index in [1.165, 1.54) is 16.4 Å². The van der Waals surface area contributed by atoms with Crippen LogP contribution in [-0.4, -0.2) is 62.4 Å². The number of sulfonamides is 1. The summed E-state index contributed by atoms with van der Waals surface area (Å²) in [5, 5.41) is 4.99. The Morgan fingerprint density at radius 2 is 1.68 bits per heavy atom. The number of nitrogens with zero attached hydrogens (tertiary/aromatic N) is 1. The highest BCUT2D eigenvalue weighted by molar-refractivity contribution is 7.89. The fourth-order valence-electron chi connectivity index (χ4n) is 2.98. The fraction of sp³-hybridized carbons (Fsp3) is 0.556. The first-order chi connectivity index (χ1) is 12.9. The van der Waals surface area contributed by atoms with Gasteiger partial charge in [-0.1, -0.05) is 0 Å². The number of nitrogens with one attached hydrogen (secondary N) is 3. The summed E-state index contributed by atoms with van der Waals surface area (Å²) in [7, 11) is -3.70. The summed E-state index contributed by atoms with van der Waals surface area (Å²) in [6.45, 7) is 8.47. The SMILES string of the molecule is C[C@@H](C(=O)NC(=O)NC(C)(C)C)[NH+]1CCN(S(=O)(=O)c2ccc(F)cc2)CC1. The second-order valence-corrected chi connectivity index (χ2v) is 9.87. The van der Waals surface area contributed by atoms with E-state index in [1.807, 2.05) is 20.8 Å². The Bertz CT molecular complexity index is 813. The first-order valence-corrected chi connectivity index (χ1v) is 10.6. The standard InChI is InChI=1S/C18H27FN4O4S/c1-13(16(24)20-17(25)21-18(2,3)4)22-9-11-23(12-10-22)28(26,27)15-7-5-14(19)6-8-15/h5-8,13H,9-12H2,1-4H3,(H2,20,21,24,25)/p+1/t13-/m0/s1. The second-order valence-electron chi connectivity index (χ2n) is 7.93. The minimum absolute atomic E-state index is 0.0435. The topological polar surface area (TPSA) is 100 Å². The van der Waals surface area contributed by atoms with Gasteiger partial charge in [0, 0.05) is 5.54 Å². The zero-order valence-electron chi connectivity index (χ0n) is 16.6. The van der Waals surface area contributed by atoms with Crippen LogP contribution < -0.4 is 15.5 Å². The number of rotatable bonds is 4. The summed E-state index contributed by atoms with van der Waals surface area (Å²) in [5.74, 6) is -0.907. The van der Waals surface area contributed by atoms with Crippen molar-refractivity contribution in [3.05, 3.63) is 30.1 Å². The smallest absolute Gasteiger partial charge is 0.322 e. The summed E-state index contributed by atoms with van der Waals surface area (Å²) in [6.07, 6.45) is 0. The number of carbonyl (C=O) groups excluding carboxylic acids is 2. The zero-order valence-corrected chi connectivity index (χ0v) is 17.4. The Kier molecular flexibility index (Phi) is 6.79. The Labute approximate surface area is 165 Å². The number of hydrogen-bond acceptors (Lipinski definition) is 4. The largest absolute Gasteiger partial charge is 0.333 e. The molecule has 3 N–H and O–H groups in total. The number of hydrogen-bond donors (Lipinski definition) is 3. The molecule has 3 amide bonds. The summed E-state index contributed by atoms with van der Waals surface area (Å²) >= 11 is 0. The molecule has 0 saturated carbocycles. The second kappa shape index (κ2) is 8.54. The van der Waals surface area contributed by atoms with E-state index >= 15 is 0 Å². The predicted molar refractivity (Wildman–Crippen MR) is 102 cm³/mol. The van der Waals surface area contributed by atoms with Gasteiger partial charge in [0.2, 0.25) is 10.0 Å². The third kappa shape index (κ3) is 5.73. The molecular weight excluding hydrogens is 387 g/mol. The van der Waals surface area contributed by atoms with Gasteiger partial charge >= 0.3 is 6.03 Å². The molecule has 0 spiro atoms. The van der Waals surface area contributed by atoms with Gasteiger partial charge in [-0.05, 0) is 52.0 Å². The fourth-order valence-corrected chi connectivity index (χ4v) is 4.42. The maximum absolute atomic E-state index is 13.0. The number of carbonyl (C=O) groups is 2. The zero-order chi connectivity index (χ0) is 21.1. The molecule has 8 nitrogen and oxygen atoms in total. The lowest BCUT2D eigenvalue weighted by Gasteiger charge is -2.34. The van der Waals surface area contributed by atoms with Crippen LogP contribution in [-0.2, 0) is 14.8 Å². The highest BCUT2D eigenvalue weighted by atomic mass is 32.2. The minimum Gasteiger partial charge on any atom is -0.333 e. The molecule has 0 bridgehead atoms. The molecule has 10 heteroatoms. The van der Waals surface area contributed by atoms with Gasteiger partial charge < -0.3 is 10.2 Å². The normalized spacial score (nSPS) is 17.8. The highest BCUT2D eigenvalue weighted by Crippen LogP contribution is 2.16. The molecule has 28 heavy (non-hydrogen) atoms. The first kappa shape index (κ1) is 22.3. The van der Waals surface area contributed by atoms with Crippen molar-refractivity contribution in [1.82, 2.24) is 14.9 Å². The Morgan fingerprint density at radius 3 is 2.18 bits per heavy atom. The van der Waals surface area contributed by atoms with Crippen LogP contribution in [0.4, 0.5) is 9.18 Å². The van der Waals surface area contributed by atoms with Gasteiger partial charge in [-0.2, -0.15) is 4.31 Å². The van der Waals surface area contributed by atoms with E-state index in [4.69, 9.17) is 0 Å². The molecule has 1 aliphatic rings. The van der Waals surface area contributed by atoms with Crippen LogP contribution >= 0.6 is 0 Å². The minimum atomic E-state index is -3.70. The van der Waals surface area contributed by atoms with Crippen LogP contribution in [0.2, 0.25) is 0 Å². The van der Waals surface area contributed by atoms with Crippen molar-refractivity contribution in [2.75, 3.05) is 26.2 Å². The highest BCUT2D eigenvalue weighted by Gasteiger charge is 2.35. The van der Waals surface area contributed by atoms with Crippen LogP contribution in [0, 0.1) is 5.82 Å². The van der Waals surface area contributed by atoms with Crippen LogP contribution in [0.15, 0.2) is 29.2 Å². The molecule has 1 fully saturated rings. The molecule has 156 valence electrons. The molecule has 1 saturated heterocycles. The first-order valence-electron chi connectivity index (χ1n) is 9.13. The maximum atomic E-state index is 13.0. The number of imide groups is 1. The summed E-state index contributed by atoms with van der Waals surface area (Å²) in [4.78, 5) is 25.1. The van der Waals surface area contributed by atoms with Crippen molar-refractivity contribution in [3.63, 3.8) is 0 Å².